The smallest absolute Gasteiger partial charge is 0.319 e. The van der Waals surface area contributed by atoms with Crippen LogP contribution in [-0.2, 0) is 4.74 Å². The molecule has 1 unspecified atom stereocenters. The Bertz CT molecular complexity index is 672. The fraction of sp³-hybridized carbons (Fsp3) is 0.611. The van der Waals surface area contributed by atoms with Crippen molar-refractivity contribution >= 4 is 11.8 Å². The van der Waals surface area contributed by atoms with Crippen LogP contribution in [0.25, 0.3) is 0 Å². The van der Waals surface area contributed by atoms with E-state index in [9.17, 15) is 4.79 Å². The fourth-order valence-electron chi connectivity index (χ4n) is 3.75. The van der Waals surface area contributed by atoms with Gasteiger partial charge in [-0.15, -0.1) is 0 Å². The molecule has 7 nitrogen and oxygen atoms in total. The lowest BCUT2D eigenvalue weighted by Crippen LogP contribution is -2.54. The van der Waals surface area contributed by atoms with Crippen molar-refractivity contribution in [3.8, 4) is 6.07 Å². The van der Waals surface area contributed by atoms with Crippen LogP contribution in [0.3, 0.4) is 0 Å². The van der Waals surface area contributed by atoms with E-state index in [2.05, 4.69) is 16.0 Å². The van der Waals surface area contributed by atoms with E-state index in [-0.39, 0.29) is 11.4 Å². The van der Waals surface area contributed by atoms with Gasteiger partial charge in [0, 0.05) is 45.7 Å². The van der Waals surface area contributed by atoms with Crippen molar-refractivity contribution in [1.82, 2.24) is 14.8 Å². The van der Waals surface area contributed by atoms with E-state index >= 15 is 0 Å². The van der Waals surface area contributed by atoms with Crippen LogP contribution < -0.4 is 4.90 Å². The van der Waals surface area contributed by atoms with E-state index < -0.39 is 0 Å². The van der Waals surface area contributed by atoms with E-state index in [1.165, 1.54) is 0 Å². The molecule has 0 aliphatic carbocycles. The normalized spacial score (nSPS) is 23.9. The van der Waals surface area contributed by atoms with E-state index in [1.54, 1.807) is 25.1 Å². The molecule has 2 amide bonds. The molecule has 0 N–H and O–H groups in total. The molecule has 3 heterocycles. The summed E-state index contributed by atoms with van der Waals surface area (Å²) in [5.41, 5.74) is 0.329. The third kappa shape index (κ3) is 3.85. The number of urea groups is 1. The maximum atomic E-state index is 12.4. The van der Waals surface area contributed by atoms with Crippen LogP contribution in [0, 0.1) is 16.7 Å². The van der Waals surface area contributed by atoms with Gasteiger partial charge in [0.1, 0.15) is 17.6 Å². The molecule has 2 aliphatic rings. The molecule has 1 aromatic rings. The minimum Gasteiger partial charge on any atom is -0.379 e. The van der Waals surface area contributed by atoms with Gasteiger partial charge in [0.2, 0.25) is 0 Å². The predicted molar refractivity (Wildman–Crippen MR) is 94.3 cm³/mol. The topological polar surface area (TPSA) is 72.7 Å². The average molecular weight is 343 g/mol. The highest BCUT2D eigenvalue weighted by Gasteiger charge is 2.40. The Labute approximate surface area is 148 Å². The number of rotatable bonds is 1. The maximum absolute atomic E-state index is 12.4. The van der Waals surface area contributed by atoms with Crippen molar-refractivity contribution in [2.24, 2.45) is 5.41 Å². The first-order chi connectivity index (χ1) is 12.0. The van der Waals surface area contributed by atoms with Crippen molar-refractivity contribution < 1.29 is 9.53 Å². The van der Waals surface area contributed by atoms with Gasteiger partial charge in [0.05, 0.1) is 13.2 Å². The fourth-order valence-corrected chi connectivity index (χ4v) is 3.75. The van der Waals surface area contributed by atoms with Crippen LogP contribution in [0.1, 0.15) is 18.5 Å². The summed E-state index contributed by atoms with van der Waals surface area (Å²) in [6.07, 6.45) is 2.00. The summed E-state index contributed by atoms with van der Waals surface area (Å²) in [4.78, 5) is 22.6. The summed E-state index contributed by atoms with van der Waals surface area (Å²) in [6, 6.07) is 7.67. The van der Waals surface area contributed by atoms with Gasteiger partial charge in [0.25, 0.3) is 0 Å². The van der Waals surface area contributed by atoms with Crippen LogP contribution in [0.2, 0.25) is 0 Å². The second-order valence-electron chi connectivity index (χ2n) is 7.17. The van der Waals surface area contributed by atoms with E-state index in [0.717, 1.165) is 38.3 Å². The van der Waals surface area contributed by atoms with E-state index in [4.69, 9.17) is 10.00 Å². The highest BCUT2D eigenvalue weighted by atomic mass is 16.5. The summed E-state index contributed by atoms with van der Waals surface area (Å²) in [6.45, 7) is 4.29. The number of amides is 2. The number of aromatic nitrogens is 1. The maximum Gasteiger partial charge on any atom is 0.319 e. The number of hydrogen-bond donors (Lipinski definition) is 0. The van der Waals surface area contributed by atoms with E-state index in [1.807, 2.05) is 17.0 Å². The summed E-state index contributed by atoms with van der Waals surface area (Å²) in [5, 5.41) is 9.10. The van der Waals surface area contributed by atoms with Gasteiger partial charge in [-0.25, -0.2) is 9.78 Å². The highest BCUT2D eigenvalue weighted by Crippen LogP contribution is 2.34. The molecule has 0 bridgehead atoms. The largest absolute Gasteiger partial charge is 0.379 e. The molecule has 1 spiro atoms. The molecule has 3 rings (SSSR count). The highest BCUT2D eigenvalue weighted by molar-refractivity contribution is 5.74. The lowest BCUT2D eigenvalue weighted by molar-refractivity contribution is 0.0210. The number of pyridine rings is 1. The molecule has 2 saturated heterocycles. The Balaban J connectivity index is 1.81. The van der Waals surface area contributed by atoms with Crippen LogP contribution in [-0.4, -0.2) is 74.3 Å². The summed E-state index contributed by atoms with van der Waals surface area (Å²) < 4.78 is 5.90. The zero-order valence-corrected chi connectivity index (χ0v) is 14.9. The first kappa shape index (κ1) is 17.5. The Morgan fingerprint density at radius 2 is 2.20 bits per heavy atom. The minimum atomic E-state index is -0.0925. The molecule has 25 heavy (non-hydrogen) atoms. The van der Waals surface area contributed by atoms with Crippen LogP contribution in [0.5, 0.6) is 0 Å². The van der Waals surface area contributed by atoms with E-state index in [0.29, 0.717) is 25.5 Å². The quantitative estimate of drug-likeness (QED) is 0.774. The SMILES string of the molecule is CN(C)C(=O)N1CCCC2(COCCN(c3cccc(C#N)n3)C2)C1. The molecule has 0 radical (unpaired) electrons. The van der Waals surface area contributed by atoms with Crippen molar-refractivity contribution in [3.05, 3.63) is 23.9 Å². The van der Waals surface area contributed by atoms with Gasteiger partial charge < -0.3 is 19.4 Å². The second kappa shape index (κ2) is 7.28. The number of piperidine rings is 1. The van der Waals surface area contributed by atoms with Gasteiger partial charge >= 0.3 is 6.03 Å². The molecule has 7 heteroatoms. The van der Waals surface area contributed by atoms with Crippen molar-refractivity contribution in [1.29, 1.82) is 5.26 Å². The van der Waals surface area contributed by atoms with Gasteiger partial charge in [-0.1, -0.05) is 6.07 Å². The van der Waals surface area contributed by atoms with Gasteiger partial charge in [-0.05, 0) is 25.0 Å². The van der Waals surface area contributed by atoms with Crippen molar-refractivity contribution in [3.63, 3.8) is 0 Å². The molecule has 134 valence electrons. The van der Waals surface area contributed by atoms with Crippen LogP contribution in [0.4, 0.5) is 10.6 Å². The second-order valence-corrected chi connectivity index (χ2v) is 7.17. The third-order valence-corrected chi connectivity index (χ3v) is 4.93. The molecular formula is C18H25N5O2. The minimum absolute atomic E-state index is 0.0551. The molecule has 0 aromatic carbocycles. The number of carbonyl (C=O) groups is 1. The molecule has 0 saturated carbocycles. The summed E-state index contributed by atoms with van der Waals surface area (Å²) in [7, 11) is 3.58. The monoisotopic (exact) mass is 343 g/mol. The molecule has 2 fully saturated rings. The first-order valence-electron chi connectivity index (χ1n) is 8.69. The Morgan fingerprint density at radius 3 is 2.96 bits per heavy atom. The van der Waals surface area contributed by atoms with Crippen LogP contribution in [0.15, 0.2) is 18.2 Å². The molecule has 2 aliphatic heterocycles. The number of nitriles is 1. The summed E-state index contributed by atoms with van der Waals surface area (Å²) in [5.74, 6) is 0.806. The zero-order valence-electron chi connectivity index (χ0n) is 14.9. The number of likely N-dealkylation sites (tertiary alicyclic amines) is 1. The standard InChI is InChI=1S/C18H25N5O2/c1-21(2)17(24)23-8-4-7-18(13-23)12-22(9-10-25-14-18)16-6-3-5-15(11-19)20-16/h3,5-6H,4,7-10,12-14H2,1-2H3. The predicted octanol–water partition coefficient (Wildman–Crippen LogP) is 1.55. The zero-order chi connectivity index (χ0) is 17.9. The number of carbonyl (C=O) groups excluding carboxylic acids is 1. The Kier molecular flexibility index (Phi) is 5.09. The number of ether oxygens (including phenoxy) is 1. The number of nitrogens with zero attached hydrogens (tertiary/aromatic N) is 5. The number of hydrogen-bond acceptors (Lipinski definition) is 5. The van der Waals surface area contributed by atoms with Crippen LogP contribution >= 0.6 is 0 Å². The first-order valence-corrected chi connectivity index (χ1v) is 8.69. The average Bonchev–Trinajstić information content (AvgIpc) is 2.83. The molecular weight excluding hydrogens is 318 g/mol. The van der Waals surface area contributed by atoms with Gasteiger partial charge in [-0.2, -0.15) is 5.26 Å². The Morgan fingerprint density at radius 1 is 1.36 bits per heavy atom. The van der Waals surface area contributed by atoms with Crippen molar-refractivity contribution in [2.75, 3.05) is 58.4 Å². The number of anilines is 1. The lowest BCUT2D eigenvalue weighted by Gasteiger charge is -2.44. The third-order valence-electron chi connectivity index (χ3n) is 4.93. The van der Waals surface area contributed by atoms with Gasteiger partial charge in [0.15, 0.2) is 0 Å². The summed E-state index contributed by atoms with van der Waals surface area (Å²) >= 11 is 0. The lowest BCUT2D eigenvalue weighted by atomic mass is 9.80. The molecule has 1 aromatic heterocycles. The van der Waals surface area contributed by atoms with Crippen molar-refractivity contribution in [2.45, 2.75) is 12.8 Å². The van der Waals surface area contributed by atoms with Gasteiger partial charge in [-0.3, -0.25) is 0 Å². The Hall–Kier alpha value is -2.33. The molecule has 1 atom stereocenters.